The minimum atomic E-state index is -0.767. The number of hydrogen-bond acceptors (Lipinski definition) is 6. The second-order valence-electron chi connectivity index (χ2n) is 6.28. The van der Waals surface area contributed by atoms with Crippen molar-refractivity contribution in [2.24, 2.45) is 0 Å². The Kier molecular flexibility index (Phi) is 6.48. The Labute approximate surface area is 160 Å². The Balaban J connectivity index is 1.99. The van der Waals surface area contributed by atoms with Crippen LogP contribution in [0.5, 0.6) is 5.75 Å². The van der Waals surface area contributed by atoms with Crippen molar-refractivity contribution in [1.82, 2.24) is 5.32 Å². The summed E-state index contributed by atoms with van der Waals surface area (Å²) in [4.78, 5) is 32.4. The van der Waals surface area contributed by atoms with Crippen LogP contribution in [0.1, 0.15) is 18.1 Å². The maximum absolute atomic E-state index is 12.1. The molecule has 0 heterocycles. The van der Waals surface area contributed by atoms with Crippen molar-refractivity contribution >= 4 is 23.1 Å². The first-order valence-electron chi connectivity index (χ1n) is 8.37. The zero-order valence-electron chi connectivity index (χ0n) is 15.6. The van der Waals surface area contributed by atoms with E-state index in [1.807, 2.05) is 32.0 Å². The molecule has 0 bridgehead atoms. The van der Waals surface area contributed by atoms with Gasteiger partial charge < -0.3 is 15.4 Å². The van der Waals surface area contributed by atoms with Crippen LogP contribution in [0.4, 0.5) is 21.9 Å². The lowest BCUT2D eigenvalue weighted by Crippen LogP contribution is -2.39. The smallest absolute Gasteiger partial charge is 0.319 e. The third-order valence-corrected chi connectivity index (χ3v) is 3.85. The number of carbonyl (C=O) groups excluding carboxylic acids is 1. The fourth-order valence-corrected chi connectivity index (χ4v) is 2.55. The number of anilines is 1. The lowest BCUT2D eigenvalue weighted by Gasteiger charge is -2.17. The highest BCUT2D eigenvalue weighted by Crippen LogP contribution is 2.26. The van der Waals surface area contributed by atoms with Crippen LogP contribution in [0, 0.1) is 34.1 Å². The minimum Gasteiger partial charge on any atom is -0.491 e. The minimum absolute atomic E-state index is 0.0544. The molecule has 1 unspecified atom stereocenters. The number of nitro benzene ring substituents is 2. The fourth-order valence-electron chi connectivity index (χ4n) is 2.55. The number of para-hydroxylation sites is 1. The highest BCUT2D eigenvalue weighted by atomic mass is 16.6. The van der Waals surface area contributed by atoms with E-state index < -0.39 is 27.3 Å². The van der Waals surface area contributed by atoms with Gasteiger partial charge in [0.05, 0.1) is 27.6 Å². The van der Waals surface area contributed by atoms with Gasteiger partial charge in [-0.2, -0.15) is 0 Å². The van der Waals surface area contributed by atoms with E-state index in [1.54, 1.807) is 6.92 Å². The molecule has 0 radical (unpaired) electrons. The van der Waals surface area contributed by atoms with Gasteiger partial charge in [-0.25, -0.2) is 4.79 Å². The van der Waals surface area contributed by atoms with Crippen LogP contribution >= 0.6 is 0 Å². The topological polar surface area (TPSA) is 137 Å². The molecule has 1 atom stereocenters. The average molecular weight is 388 g/mol. The summed E-state index contributed by atoms with van der Waals surface area (Å²) in [7, 11) is 0. The second kappa shape index (κ2) is 8.80. The molecule has 0 spiro atoms. The Morgan fingerprint density at radius 1 is 1.07 bits per heavy atom. The summed E-state index contributed by atoms with van der Waals surface area (Å²) in [5.41, 5.74) is 0.911. The van der Waals surface area contributed by atoms with E-state index >= 15 is 0 Å². The molecule has 0 saturated heterocycles. The Hall–Kier alpha value is -3.69. The van der Waals surface area contributed by atoms with Gasteiger partial charge in [0, 0.05) is 12.1 Å². The van der Waals surface area contributed by atoms with Gasteiger partial charge in [0.2, 0.25) is 0 Å². The number of aryl methyl sites for hydroxylation is 2. The number of urea groups is 1. The molecule has 0 saturated carbocycles. The van der Waals surface area contributed by atoms with Gasteiger partial charge in [-0.05, 0) is 31.9 Å². The third kappa shape index (κ3) is 5.40. The zero-order chi connectivity index (χ0) is 20.8. The standard InChI is InChI=1S/C18H20N4O6/c1-11-5-4-6-12(2)17(11)28-10-13(3)19-18(23)20-14-7-15(21(24)25)9-16(8-14)22(26)27/h4-9,13H,10H2,1-3H3,(H2,19,20,23). The highest BCUT2D eigenvalue weighted by molar-refractivity contribution is 5.90. The number of amides is 2. The molecule has 2 aromatic carbocycles. The molecule has 0 aliphatic carbocycles. The molecule has 2 amide bonds. The summed E-state index contributed by atoms with van der Waals surface area (Å²) in [5.74, 6) is 0.742. The number of hydrogen-bond donors (Lipinski definition) is 2. The number of benzene rings is 2. The van der Waals surface area contributed by atoms with Crippen molar-refractivity contribution in [2.45, 2.75) is 26.8 Å². The Morgan fingerprint density at radius 2 is 1.61 bits per heavy atom. The van der Waals surface area contributed by atoms with E-state index in [0.29, 0.717) is 0 Å². The molecule has 10 heteroatoms. The van der Waals surface area contributed by atoms with Crippen molar-refractivity contribution in [3.05, 3.63) is 67.8 Å². The number of nitrogens with zero attached hydrogens (tertiary/aromatic N) is 2. The monoisotopic (exact) mass is 388 g/mol. The molecule has 0 fully saturated rings. The van der Waals surface area contributed by atoms with Crippen molar-refractivity contribution in [1.29, 1.82) is 0 Å². The summed E-state index contributed by atoms with van der Waals surface area (Å²) < 4.78 is 5.76. The predicted molar refractivity (Wildman–Crippen MR) is 103 cm³/mol. The van der Waals surface area contributed by atoms with Crippen molar-refractivity contribution in [3.63, 3.8) is 0 Å². The van der Waals surface area contributed by atoms with E-state index in [9.17, 15) is 25.0 Å². The summed E-state index contributed by atoms with van der Waals surface area (Å²) in [6.07, 6.45) is 0. The number of nitro groups is 2. The number of rotatable bonds is 7. The van der Waals surface area contributed by atoms with Crippen molar-refractivity contribution in [3.8, 4) is 5.75 Å². The molecular formula is C18H20N4O6. The normalized spacial score (nSPS) is 11.4. The molecule has 148 valence electrons. The molecule has 0 aliphatic rings. The van der Waals surface area contributed by atoms with Gasteiger partial charge in [0.25, 0.3) is 11.4 Å². The van der Waals surface area contributed by atoms with Crippen LogP contribution in [0.3, 0.4) is 0 Å². The van der Waals surface area contributed by atoms with Crippen LogP contribution in [0.15, 0.2) is 36.4 Å². The first-order valence-corrected chi connectivity index (χ1v) is 8.37. The zero-order valence-corrected chi connectivity index (χ0v) is 15.6. The van der Waals surface area contributed by atoms with Gasteiger partial charge in [0.15, 0.2) is 0 Å². The predicted octanol–water partition coefficient (Wildman–Crippen LogP) is 3.71. The van der Waals surface area contributed by atoms with Gasteiger partial charge in [0.1, 0.15) is 12.4 Å². The number of ether oxygens (including phenoxy) is 1. The quantitative estimate of drug-likeness (QED) is 0.548. The van der Waals surface area contributed by atoms with Crippen LogP contribution in [-0.4, -0.2) is 28.5 Å². The van der Waals surface area contributed by atoms with E-state index in [2.05, 4.69) is 10.6 Å². The molecule has 28 heavy (non-hydrogen) atoms. The first kappa shape index (κ1) is 20.6. The van der Waals surface area contributed by atoms with Crippen LogP contribution < -0.4 is 15.4 Å². The average Bonchev–Trinajstić information content (AvgIpc) is 2.60. The van der Waals surface area contributed by atoms with Crippen LogP contribution in [0.2, 0.25) is 0 Å². The number of non-ortho nitro benzene ring substituents is 2. The van der Waals surface area contributed by atoms with Gasteiger partial charge in [-0.3, -0.25) is 20.2 Å². The van der Waals surface area contributed by atoms with E-state index in [4.69, 9.17) is 4.74 Å². The lowest BCUT2D eigenvalue weighted by atomic mass is 10.1. The molecule has 10 nitrogen and oxygen atoms in total. The second-order valence-corrected chi connectivity index (χ2v) is 6.28. The Morgan fingerprint density at radius 3 is 2.11 bits per heavy atom. The largest absolute Gasteiger partial charge is 0.491 e. The molecular weight excluding hydrogens is 368 g/mol. The van der Waals surface area contributed by atoms with E-state index in [-0.39, 0.29) is 18.3 Å². The molecule has 2 aromatic rings. The van der Waals surface area contributed by atoms with E-state index in [0.717, 1.165) is 35.1 Å². The van der Waals surface area contributed by atoms with Gasteiger partial charge in [-0.15, -0.1) is 0 Å². The van der Waals surface area contributed by atoms with E-state index in [1.165, 1.54) is 0 Å². The maximum Gasteiger partial charge on any atom is 0.319 e. The molecule has 0 aliphatic heterocycles. The lowest BCUT2D eigenvalue weighted by molar-refractivity contribution is -0.394. The molecule has 0 aromatic heterocycles. The maximum atomic E-state index is 12.1. The van der Waals surface area contributed by atoms with Crippen LogP contribution in [-0.2, 0) is 0 Å². The number of nitrogens with one attached hydrogen (secondary N) is 2. The van der Waals surface area contributed by atoms with Crippen LogP contribution in [0.25, 0.3) is 0 Å². The van der Waals surface area contributed by atoms with Gasteiger partial charge in [-0.1, -0.05) is 18.2 Å². The van der Waals surface area contributed by atoms with Crippen molar-refractivity contribution < 1.29 is 19.4 Å². The third-order valence-electron chi connectivity index (χ3n) is 3.85. The summed E-state index contributed by atoms with van der Waals surface area (Å²) in [5, 5.41) is 26.8. The summed E-state index contributed by atoms with van der Waals surface area (Å²) in [6.45, 7) is 5.77. The Bertz CT molecular complexity index is 862. The number of carbonyl (C=O) groups is 1. The van der Waals surface area contributed by atoms with Gasteiger partial charge >= 0.3 is 6.03 Å². The molecule has 2 rings (SSSR count). The summed E-state index contributed by atoms with van der Waals surface area (Å²) >= 11 is 0. The summed E-state index contributed by atoms with van der Waals surface area (Å²) in [6, 6.07) is 7.63. The van der Waals surface area contributed by atoms with Crippen molar-refractivity contribution in [2.75, 3.05) is 11.9 Å². The molecule has 2 N–H and O–H groups in total. The first-order chi connectivity index (χ1) is 13.2. The highest BCUT2D eigenvalue weighted by Gasteiger charge is 2.18. The SMILES string of the molecule is Cc1cccc(C)c1OCC(C)NC(=O)Nc1cc([N+](=O)[O-])cc([N+](=O)[O-])c1. The fraction of sp³-hybridized carbons (Fsp3) is 0.278.